The zero-order valence-electron chi connectivity index (χ0n) is 7.40. The number of carbonyl (C=O) groups excluding carboxylic acids is 1. The van der Waals surface area contributed by atoms with Gasteiger partial charge in [-0.1, -0.05) is 0 Å². The highest BCUT2D eigenvalue weighted by atomic mass is 35.5. The van der Waals surface area contributed by atoms with Crippen molar-refractivity contribution >= 4 is 28.8 Å². The number of halogens is 4. The van der Waals surface area contributed by atoms with E-state index >= 15 is 0 Å². The Bertz CT molecular complexity index is 350. The fraction of sp³-hybridized carbons (Fsp3) is 0.375. The van der Waals surface area contributed by atoms with Crippen LogP contribution in [-0.4, -0.2) is 11.8 Å². The van der Waals surface area contributed by atoms with E-state index < -0.39 is 17.6 Å². The Balaban J connectivity index is 2.58. The smallest absolute Gasteiger partial charge is 0.350 e. The summed E-state index contributed by atoms with van der Waals surface area (Å²) in [5, 5.41) is 3.40. The summed E-state index contributed by atoms with van der Waals surface area (Å²) in [5.74, 6) is -0.601. The van der Waals surface area contributed by atoms with Crippen LogP contribution in [0.2, 0.25) is 0 Å². The molecule has 0 aliphatic carbocycles. The molecule has 15 heavy (non-hydrogen) atoms. The molecule has 1 rings (SSSR count). The average Bonchev–Trinajstić information content (AvgIpc) is 2.61. The van der Waals surface area contributed by atoms with Crippen molar-refractivity contribution in [3.05, 3.63) is 21.9 Å². The fourth-order valence-electron chi connectivity index (χ4n) is 0.855. The maximum Gasteiger partial charge on any atom is 0.417 e. The number of nitrogens with one attached hydrogen (secondary N) is 1. The number of hydrogen-bond donors (Lipinski definition) is 1. The minimum Gasteiger partial charge on any atom is -0.350 e. The zero-order chi connectivity index (χ0) is 11.5. The molecule has 0 bridgehead atoms. The second-order valence-electron chi connectivity index (χ2n) is 2.71. The summed E-state index contributed by atoms with van der Waals surface area (Å²) in [7, 11) is 0. The maximum atomic E-state index is 12.2. The molecule has 0 atom stereocenters. The molecule has 2 nitrogen and oxygen atoms in total. The summed E-state index contributed by atoms with van der Waals surface area (Å²) < 4.78 is 36.5. The lowest BCUT2D eigenvalue weighted by Gasteiger charge is -2.01. The molecule has 1 heterocycles. The predicted molar refractivity (Wildman–Crippen MR) is 51.9 cm³/mol. The van der Waals surface area contributed by atoms with Gasteiger partial charge in [-0.2, -0.15) is 13.2 Å². The van der Waals surface area contributed by atoms with E-state index in [1.807, 2.05) is 0 Å². The molecular formula is C8H7ClF3NOS. The minimum atomic E-state index is -4.33. The van der Waals surface area contributed by atoms with Gasteiger partial charge in [-0.3, -0.25) is 4.79 Å². The van der Waals surface area contributed by atoms with Gasteiger partial charge in [-0.05, 0) is 6.07 Å². The van der Waals surface area contributed by atoms with Gasteiger partial charge < -0.3 is 5.32 Å². The monoisotopic (exact) mass is 257 g/mol. The molecule has 1 N–H and O–H groups in total. The van der Waals surface area contributed by atoms with Gasteiger partial charge in [-0.15, -0.1) is 22.9 Å². The Labute approximate surface area is 93.0 Å². The van der Waals surface area contributed by atoms with E-state index in [0.717, 1.165) is 22.8 Å². The first kappa shape index (κ1) is 12.3. The molecule has 0 fully saturated rings. The summed E-state index contributed by atoms with van der Waals surface area (Å²) >= 11 is 6.16. The van der Waals surface area contributed by atoms with Crippen molar-refractivity contribution in [1.82, 2.24) is 5.32 Å². The highest BCUT2D eigenvalue weighted by Crippen LogP contribution is 2.32. The van der Waals surface area contributed by atoms with Crippen LogP contribution in [0.5, 0.6) is 0 Å². The number of rotatable bonds is 3. The van der Waals surface area contributed by atoms with E-state index in [2.05, 4.69) is 5.32 Å². The normalized spacial score (nSPS) is 11.5. The second kappa shape index (κ2) is 4.85. The van der Waals surface area contributed by atoms with Crippen LogP contribution in [0.1, 0.15) is 10.4 Å². The summed E-state index contributed by atoms with van der Waals surface area (Å²) in [6.45, 7) is 0.0757. The minimum absolute atomic E-state index is 0.0757. The summed E-state index contributed by atoms with van der Waals surface area (Å²) in [6.07, 6.45) is -4.33. The van der Waals surface area contributed by atoms with E-state index in [1.54, 1.807) is 0 Å². The SMILES string of the molecule is O=C(CCl)NCc1cc(C(F)(F)F)cs1. The van der Waals surface area contributed by atoms with Gasteiger partial charge in [0.1, 0.15) is 5.88 Å². The maximum absolute atomic E-state index is 12.2. The van der Waals surface area contributed by atoms with Crippen molar-refractivity contribution in [3.8, 4) is 0 Å². The first-order valence-electron chi connectivity index (χ1n) is 3.90. The van der Waals surface area contributed by atoms with Gasteiger partial charge in [0.2, 0.25) is 5.91 Å². The van der Waals surface area contributed by atoms with Crippen LogP contribution in [0, 0.1) is 0 Å². The third kappa shape index (κ3) is 3.71. The molecule has 0 aromatic carbocycles. The van der Waals surface area contributed by atoms with Crippen LogP contribution >= 0.6 is 22.9 Å². The van der Waals surface area contributed by atoms with E-state index in [-0.39, 0.29) is 12.4 Å². The van der Waals surface area contributed by atoms with Crippen molar-refractivity contribution < 1.29 is 18.0 Å². The first-order chi connectivity index (χ1) is 6.93. The molecule has 0 saturated carbocycles. The summed E-state index contributed by atoms with van der Waals surface area (Å²) in [6, 6.07) is 1.01. The lowest BCUT2D eigenvalue weighted by Crippen LogP contribution is -2.23. The Morgan fingerprint density at radius 3 is 2.67 bits per heavy atom. The summed E-state index contributed by atoms with van der Waals surface area (Å²) in [5.41, 5.74) is -0.692. The lowest BCUT2D eigenvalue weighted by molar-refractivity contribution is -0.137. The van der Waals surface area contributed by atoms with Gasteiger partial charge in [0.25, 0.3) is 0 Å². The van der Waals surface area contributed by atoms with E-state index in [0.29, 0.717) is 4.88 Å². The molecule has 84 valence electrons. The highest BCUT2D eigenvalue weighted by molar-refractivity contribution is 7.10. The number of amides is 1. The van der Waals surface area contributed by atoms with Gasteiger partial charge in [0.05, 0.1) is 12.1 Å². The second-order valence-corrected chi connectivity index (χ2v) is 3.97. The van der Waals surface area contributed by atoms with Gasteiger partial charge in [0, 0.05) is 10.3 Å². The highest BCUT2D eigenvalue weighted by Gasteiger charge is 2.31. The number of alkyl halides is 4. The molecule has 7 heteroatoms. The molecule has 0 aliphatic rings. The Morgan fingerprint density at radius 2 is 2.20 bits per heavy atom. The molecule has 0 aliphatic heterocycles. The zero-order valence-corrected chi connectivity index (χ0v) is 8.97. The first-order valence-corrected chi connectivity index (χ1v) is 5.32. The number of hydrogen-bond acceptors (Lipinski definition) is 2. The van der Waals surface area contributed by atoms with Crippen LogP contribution in [0.15, 0.2) is 11.4 Å². The third-order valence-electron chi connectivity index (χ3n) is 1.56. The molecular weight excluding hydrogens is 251 g/mol. The van der Waals surface area contributed by atoms with E-state index in [1.165, 1.54) is 0 Å². The molecule has 0 spiro atoms. The lowest BCUT2D eigenvalue weighted by atomic mass is 10.3. The van der Waals surface area contributed by atoms with Crippen molar-refractivity contribution in [3.63, 3.8) is 0 Å². The molecule has 1 aromatic rings. The number of carbonyl (C=O) groups is 1. The third-order valence-corrected chi connectivity index (χ3v) is 2.74. The molecule has 1 aromatic heterocycles. The standard InChI is InChI=1S/C8H7ClF3NOS/c9-2-7(14)13-3-6-1-5(4-15-6)8(10,11)12/h1,4H,2-3H2,(H,13,14). The van der Waals surface area contributed by atoms with E-state index in [9.17, 15) is 18.0 Å². The quantitative estimate of drug-likeness (QED) is 0.829. The van der Waals surface area contributed by atoms with Crippen LogP contribution in [0.4, 0.5) is 13.2 Å². The van der Waals surface area contributed by atoms with Crippen molar-refractivity contribution in [2.24, 2.45) is 0 Å². The number of thiophene rings is 1. The van der Waals surface area contributed by atoms with Gasteiger partial charge in [0.15, 0.2) is 0 Å². The van der Waals surface area contributed by atoms with Crippen LogP contribution in [0.25, 0.3) is 0 Å². The average molecular weight is 258 g/mol. The van der Waals surface area contributed by atoms with Gasteiger partial charge >= 0.3 is 6.18 Å². The summed E-state index contributed by atoms with van der Waals surface area (Å²) in [4.78, 5) is 11.2. The predicted octanol–water partition coefficient (Wildman–Crippen LogP) is 2.62. The largest absolute Gasteiger partial charge is 0.417 e. The van der Waals surface area contributed by atoms with E-state index in [4.69, 9.17) is 11.6 Å². The topological polar surface area (TPSA) is 29.1 Å². The Hall–Kier alpha value is -0.750. The van der Waals surface area contributed by atoms with Crippen LogP contribution < -0.4 is 5.32 Å². The molecule has 0 saturated heterocycles. The van der Waals surface area contributed by atoms with Gasteiger partial charge in [-0.25, -0.2) is 0 Å². The Kier molecular flexibility index (Phi) is 3.98. The van der Waals surface area contributed by atoms with Crippen LogP contribution in [-0.2, 0) is 17.5 Å². The van der Waals surface area contributed by atoms with Crippen molar-refractivity contribution in [2.45, 2.75) is 12.7 Å². The Morgan fingerprint density at radius 1 is 1.53 bits per heavy atom. The van der Waals surface area contributed by atoms with Crippen LogP contribution in [0.3, 0.4) is 0 Å². The van der Waals surface area contributed by atoms with Crippen molar-refractivity contribution in [1.29, 1.82) is 0 Å². The molecule has 0 radical (unpaired) electrons. The fourth-order valence-corrected chi connectivity index (χ4v) is 1.78. The van der Waals surface area contributed by atoms with Crippen molar-refractivity contribution in [2.75, 3.05) is 5.88 Å². The molecule has 0 unspecified atom stereocenters. The molecule has 1 amide bonds.